The van der Waals surface area contributed by atoms with Crippen molar-refractivity contribution in [2.45, 2.75) is 32.4 Å². The van der Waals surface area contributed by atoms with E-state index in [1.807, 2.05) is 13.0 Å². The van der Waals surface area contributed by atoms with Gasteiger partial charge in [0, 0.05) is 16.7 Å². The second kappa shape index (κ2) is 9.13. The number of nitrogens with one attached hydrogen (secondary N) is 1. The Morgan fingerprint density at radius 3 is 2.56 bits per heavy atom. The van der Waals surface area contributed by atoms with Gasteiger partial charge < -0.3 is 14.0 Å². The number of benzene rings is 3. The topological polar surface area (TPSA) is 118 Å². The molecule has 1 aliphatic rings. The van der Waals surface area contributed by atoms with E-state index in [2.05, 4.69) is 15.2 Å². The van der Waals surface area contributed by atoms with Crippen molar-refractivity contribution >= 4 is 45.6 Å². The van der Waals surface area contributed by atoms with Gasteiger partial charge in [0.15, 0.2) is 11.4 Å². The van der Waals surface area contributed by atoms with Crippen LogP contribution in [0.5, 0.6) is 5.75 Å². The Morgan fingerprint density at radius 2 is 1.85 bits per heavy atom. The summed E-state index contributed by atoms with van der Waals surface area (Å²) in [6.45, 7) is 2.98. The molecule has 0 aliphatic carbocycles. The highest BCUT2D eigenvalue weighted by Crippen LogP contribution is 2.34. The molecule has 5 aromatic rings. The van der Waals surface area contributed by atoms with E-state index in [1.165, 1.54) is 40.3 Å². The van der Waals surface area contributed by atoms with Gasteiger partial charge in [-0.3, -0.25) is 14.7 Å². The maximum Gasteiger partial charge on any atom is 0.573 e. The van der Waals surface area contributed by atoms with Crippen LogP contribution in [0.25, 0.3) is 27.8 Å². The molecule has 41 heavy (non-hydrogen) atoms. The van der Waals surface area contributed by atoms with Gasteiger partial charge in [-0.2, -0.15) is 0 Å². The first-order valence-electron chi connectivity index (χ1n) is 12.1. The van der Waals surface area contributed by atoms with Crippen molar-refractivity contribution in [1.29, 1.82) is 0 Å². The molecule has 3 heterocycles. The summed E-state index contributed by atoms with van der Waals surface area (Å²) < 4.78 is 56.3. The summed E-state index contributed by atoms with van der Waals surface area (Å²) in [5.41, 5.74) is -0.184. The van der Waals surface area contributed by atoms with Crippen LogP contribution in [-0.4, -0.2) is 32.7 Å². The second-order valence-electron chi connectivity index (χ2n) is 9.54. The van der Waals surface area contributed by atoms with E-state index >= 15 is 0 Å². The molecule has 3 aromatic carbocycles. The zero-order chi connectivity index (χ0) is 29.3. The largest absolute Gasteiger partial charge is 0.573 e. The molecular weight excluding hydrogens is 569 g/mol. The fraction of sp³-hybridized carbons (Fsp3) is 0.185. The van der Waals surface area contributed by atoms with Gasteiger partial charge >= 0.3 is 18.1 Å². The lowest BCUT2D eigenvalue weighted by Crippen LogP contribution is -2.33. The predicted molar refractivity (Wildman–Crippen MR) is 139 cm³/mol. The number of imidazole rings is 1. The lowest BCUT2D eigenvalue weighted by molar-refractivity contribution is -0.274. The molecule has 1 fully saturated rings. The minimum atomic E-state index is -4.96. The number of aromatic nitrogens is 3. The maximum atomic E-state index is 13.9. The molecule has 14 heteroatoms. The maximum absolute atomic E-state index is 13.9. The molecule has 0 unspecified atom stereocenters. The minimum absolute atomic E-state index is 0.0817. The van der Waals surface area contributed by atoms with Gasteiger partial charge in [0.1, 0.15) is 5.75 Å². The number of alkyl carbamates (subject to hydrolysis) is 1. The molecule has 2 amide bonds. The Morgan fingerprint density at radius 1 is 1.07 bits per heavy atom. The van der Waals surface area contributed by atoms with E-state index in [9.17, 15) is 27.6 Å². The lowest BCUT2D eigenvalue weighted by atomic mass is 9.94. The van der Waals surface area contributed by atoms with E-state index < -0.39 is 35.4 Å². The zero-order valence-corrected chi connectivity index (χ0v) is 22.0. The van der Waals surface area contributed by atoms with Crippen LogP contribution in [0.2, 0.25) is 5.02 Å². The average molecular weight is 587 g/mol. The molecule has 6 rings (SSSR count). The third kappa shape index (κ3) is 4.38. The van der Waals surface area contributed by atoms with Gasteiger partial charge in [0.2, 0.25) is 5.60 Å². The number of imide groups is 1. The van der Waals surface area contributed by atoms with Crippen LogP contribution in [0.1, 0.15) is 23.6 Å². The Kier molecular flexibility index (Phi) is 5.89. The molecule has 0 spiro atoms. The number of amides is 2. The van der Waals surface area contributed by atoms with Crippen molar-refractivity contribution in [3.05, 3.63) is 86.8 Å². The number of para-hydroxylation sites is 1. The summed E-state index contributed by atoms with van der Waals surface area (Å²) >= 11 is 6.46. The first-order chi connectivity index (χ1) is 19.4. The van der Waals surface area contributed by atoms with E-state index in [-0.39, 0.29) is 34.0 Å². The number of ether oxygens (including phenoxy) is 2. The number of hydrogen-bond donors (Lipinski definition) is 1. The molecule has 1 N–H and O–H groups in total. The highest BCUT2D eigenvalue weighted by molar-refractivity contribution is 6.31. The number of carbonyl (C=O) groups excluding carboxylic acids is 2. The summed E-state index contributed by atoms with van der Waals surface area (Å²) in [7, 11) is 0. The molecule has 2 aromatic heterocycles. The Hall–Kier alpha value is -4.78. The van der Waals surface area contributed by atoms with Gasteiger partial charge in [0.25, 0.3) is 5.91 Å². The molecule has 10 nitrogen and oxygen atoms in total. The zero-order valence-electron chi connectivity index (χ0n) is 21.2. The van der Waals surface area contributed by atoms with Gasteiger partial charge in [0.05, 0.1) is 23.0 Å². The fourth-order valence-electron chi connectivity index (χ4n) is 4.86. The second-order valence-corrected chi connectivity index (χ2v) is 9.95. The van der Waals surface area contributed by atoms with Crippen LogP contribution in [0, 0.1) is 6.92 Å². The number of rotatable bonds is 5. The van der Waals surface area contributed by atoms with Crippen molar-refractivity contribution < 1.29 is 36.8 Å². The van der Waals surface area contributed by atoms with Crippen LogP contribution in [0.4, 0.5) is 18.0 Å². The van der Waals surface area contributed by atoms with E-state index in [4.69, 9.17) is 20.9 Å². The Bertz CT molecular complexity index is 1960. The van der Waals surface area contributed by atoms with Gasteiger partial charge in [-0.1, -0.05) is 35.0 Å². The van der Waals surface area contributed by atoms with Crippen molar-refractivity contribution in [2.24, 2.45) is 0 Å². The summed E-state index contributed by atoms with van der Waals surface area (Å²) in [6.07, 6.45) is -5.88. The summed E-state index contributed by atoms with van der Waals surface area (Å²) in [6, 6.07) is 13.2. The van der Waals surface area contributed by atoms with Crippen LogP contribution in [0.15, 0.2) is 63.9 Å². The van der Waals surface area contributed by atoms with E-state index in [0.29, 0.717) is 16.5 Å². The normalized spacial score (nSPS) is 17.3. The summed E-state index contributed by atoms with van der Waals surface area (Å²) in [5.74, 6) is -1.09. The molecule has 0 bridgehead atoms. The first kappa shape index (κ1) is 26.4. The van der Waals surface area contributed by atoms with E-state index in [0.717, 1.165) is 17.7 Å². The SMILES string of the molecule is Cc1cccc2c(-n3c(=O)n(Cc4cc([C@]5(C)OC(=O)NC5=O)ccc4Cl)c4cc(OC(F)(F)F)ccc43)noc12. The van der Waals surface area contributed by atoms with Gasteiger partial charge in [-0.15, -0.1) is 13.2 Å². The summed E-state index contributed by atoms with van der Waals surface area (Å²) in [4.78, 5) is 38.1. The standard InChI is InChI=1S/C27H18ClF3N4O6/c1-13-4-3-5-17-21(13)41-33-22(17)35-19-9-7-16(39-27(29,30)31)11-20(19)34(25(35)38)12-14-10-15(6-8-18(14)28)26(2)23(36)32-24(37)40-26/h3-11H,12H2,1-2H3,(H,32,36,37)/t26-/m0/s1. The molecular formula is C27H18ClF3N4O6. The van der Waals surface area contributed by atoms with Crippen LogP contribution < -0.4 is 15.7 Å². The number of nitrogens with zero attached hydrogens (tertiary/aromatic N) is 3. The van der Waals surface area contributed by atoms with E-state index in [1.54, 1.807) is 12.1 Å². The third-order valence-electron chi connectivity index (χ3n) is 6.89. The van der Waals surface area contributed by atoms with Gasteiger partial charge in [-0.05, 0) is 55.3 Å². The molecule has 1 atom stereocenters. The number of cyclic esters (lactones) is 1. The quantitative estimate of drug-likeness (QED) is 0.296. The number of hydrogen-bond acceptors (Lipinski definition) is 7. The molecule has 0 saturated carbocycles. The molecule has 1 aliphatic heterocycles. The van der Waals surface area contributed by atoms with Crippen molar-refractivity contribution in [1.82, 2.24) is 19.6 Å². The van der Waals surface area contributed by atoms with Crippen LogP contribution in [0.3, 0.4) is 0 Å². The molecule has 210 valence electrons. The Balaban J connectivity index is 1.54. The fourth-order valence-corrected chi connectivity index (χ4v) is 5.04. The first-order valence-corrected chi connectivity index (χ1v) is 12.4. The third-order valence-corrected chi connectivity index (χ3v) is 7.26. The number of aryl methyl sites for hydroxylation is 1. The average Bonchev–Trinajstić information content (AvgIpc) is 3.52. The number of carbonyl (C=O) groups is 2. The van der Waals surface area contributed by atoms with Gasteiger partial charge in [-0.25, -0.2) is 14.2 Å². The molecule has 0 radical (unpaired) electrons. The smallest absolute Gasteiger partial charge is 0.428 e. The van der Waals surface area contributed by atoms with Crippen LogP contribution >= 0.6 is 11.6 Å². The van der Waals surface area contributed by atoms with Crippen molar-refractivity contribution in [3.63, 3.8) is 0 Å². The number of fused-ring (bicyclic) bond motifs is 2. The van der Waals surface area contributed by atoms with Crippen molar-refractivity contribution in [2.75, 3.05) is 0 Å². The van der Waals surface area contributed by atoms with Crippen LogP contribution in [-0.2, 0) is 21.7 Å². The lowest BCUT2D eigenvalue weighted by Gasteiger charge is -2.21. The summed E-state index contributed by atoms with van der Waals surface area (Å²) in [5, 5.41) is 6.88. The highest BCUT2D eigenvalue weighted by atomic mass is 35.5. The Labute approximate surface area is 232 Å². The monoisotopic (exact) mass is 586 g/mol. The number of alkyl halides is 3. The number of halogens is 4. The van der Waals surface area contributed by atoms with Crippen molar-refractivity contribution in [3.8, 4) is 11.6 Å². The highest BCUT2D eigenvalue weighted by Gasteiger charge is 2.46. The predicted octanol–water partition coefficient (Wildman–Crippen LogP) is 5.32. The molecule has 1 saturated heterocycles. The minimum Gasteiger partial charge on any atom is -0.428 e.